The van der Waals surface area contributed by atoms with Crippen molar-refractivity contribution in [1.29, 1.82) is 0 Å². The first-order chi connectivity index (χ1) is 20.8. The number of hydrogen-bond donors (Lipinski definition) is 0. The van der Waals surface area contributed by atoms with Crippen LogP contribution >= 0.6 is 11.3 Å². The summed E-state index contributed by atoms with van der Waals surface area (Å²) < 4.78 is 24.1. The van der Waals surface area contributed by atoms with Crippen molar-refractivity contribution in [2.24, 2.45) is 4.99 Å². The number of allylic oxidation sites excluding steroid dienone is 1. The Kier molecular flexibility index (Phi) is 8.58. The lowest BCUT2D eigenvalue weighted by Crippen LogP contribution is -2.40. The fourth-order valence-corrected chi connectivity index (χ4v) is 5.95. The van der Waals surface area contributed by atoms with E-state index in [0.717, 1.165) is 6.42 Å². The van der Waals surface area contributed by atoms with Gasteiger partial charge in [-0.3, -0.25) is 19.5 Å². The number of rotatable bonds is 10. The number of carbonyl (C=O) groups excluding carboxylic acids is 1. The van der Waals surface area contributed by atoms with Crippen molar-refractivity contribution in [2.75, 3.05) is 20.8 Å². The van der Waals surface area contributed by atoms with Gasteiger partial charge < -0.3 is 18.6 Å². The summed E-state index contributed by atoms with van der Waals surface area (Å²) in [5.41, 5.74) is 1.65. The van der Waals surface area contributed by atoms with Gasteiger partial charge in [-0.25, -0.2) is 9.79 Å². The zero-order valence-corrected chi connectivity index (χ0v) is 24.8. The Balaban J connectivity index is 1.65. The highest BCUT2D eigenvalue weighted by molar-refractivity contribution is 7.07. The van der Waals surface area contributed by atoms with Crippen LogP contribution in [0.4, 0.5) is 5.69 Å². The lowest BCUT2D eigenvalue weighted by atomic mass is 9.94. The second kappa shape index (κ2) is 12.5. The predicted octanol–water partition coefficient (Wildman–Crippen LogP) is 4.76. The van der Waals surface area contributed by atoms with E-state index in [1.165, 1.54) is 35.1 Å². The van der Waals surface area contributed by atoms with Crippen molar-refractivity contribution >= 4 is 29.1 Å². The molecule has 222 valence electrons. The highest BCUT2D eigenvalue weighted by atomic mass is 32.1. The van der Waals surface area contributed by atoms with Gasteiger partial charge in [0.25, 0.3) is 11.2 Å². The number of thiazole rings is 1. The number of nitro benzene ring substituents is 1. The van der Waals surface area contributed by atoms with Crippen LogP contribution < -0.4 is 24.4 Å². The molecule has 4 aromatic rings. The van der Waals surface area contributed by atoms with Gasteiger partial charge in [0.15, 0.2) is 4.80 Å². The van der Waals surface area contributed by atoms with Crippen molar-refractivity contribution < 1.29 is 28.3 Å². The molecule has 2 aromatic heterocycles. The van der Waals surface area contributed by atoms with Crippen LogP contribution in [0.2, 0.25) is 0 Å². The summed E-state index contributed by atoms with van der Waals surface area (Å²) in [6, 6.07) is 14.1. The number of fused-ring (bicyclic) bond motifs is 1. The van der Waals surface area contributed by atoms with Gasteiger partial charge in [0.2, 0.25) is 0 Å². The monoisotopic (exact) mass is 603 g/mol. The maximum absolute atomic E-state index is 14.0. The lowest BCUT2D eigenvalue weighted by molar-refractivity contribution is -0.384. The Morgan fingerprint density at radius 2 is 1.95 bits per heavy atom. The maximum atomic E-state index is 14.0. The molecule has 3 heterocycles. The van der Waals surface area contributed by atoms with Gasteiger partial charge in [-0.15, -0.1) is 0 Å². The van der Waals surface area contributed by atoms with Crippen molar-refractivity contribution in [3.8, 4) is 22.8 Å². The number of furan rings is 1. The Morgan fingerprint density at radius 3 is 2.65 bits per heavy atom. The number of hydrogen-bond acceptors (Lipinski definition) is 10. The Hall–Kier alpha value is -4.97. The molecule has 0 radical (unpaired) electrons. The quantitative estimate of drug-likeness (QED) is 0.144. The molecule has 11 nitrogen and oxygen atoms in total. The smallest absolute Gasteiger partial charge is 0.338 e. The van der Waals surface area contributed by atoms with Gasteiger partial charge in [-0.1, -0.05) is 36.8 Å². The minimum absolute atomic E-state index is 0.108. The molecular weight excluding hydrogens is 574 g/mol. The number of aromatic nitrogens is 1. The third-order valence-electron chi connectivity index (χ3n) is 6.86. The number of benzene rings is 2. The van der Waals surface area contributed by atoms with Gasteiger partial charge in [-0.2, -0.15) is 0 Å². The molecule has 0 fully saturated rings. The van der Waals surface area contributed by atoms with E-state index >= 15 is 0 Å². The largest absolute Gasteiger partial charge is 0.497 e. The van der Waals surface area contributed by atoms with E-state index in [1.54, 1.807) is 50.4 Å². The molecule has 2 aromatic carbocycles. The molecule has 12 heteroatoms. The first-order valence-electron chi connectivity index (χ1n) is 13.6. The summed E-state index contributed by atoms with van der Waals surface area (Å²) in [7, 11) is 2.97. The summed E-state index contributed by atoms with van der Waals surface area (Å²) in [6.07, 6.45) is 2.88. The first kappa shape index (κ1) is 29.5. The third kappa shape index (κ3) is 5.73. The fourth-order valence-electron chi connectivity index (χ4n) is 4.95. The van der Waals surface area contributed by atoms with Crippen molar-refractivity contribution in [3.05, 3.63) is 107 Å². The summed E-state index contributed by atoms with van der Waals surface area (Å²) in [5, 5.41) is 11.2. The summed E-state index contributed by atoms with van der Waals surface area (Å²) >= 11 is 1.19. The molecule has 0 spiro atoms. The van der Waals surface area contributed by atoms with Crippen molar-refractivity contribution in [1.82, 2.24) is 4.57 Å². The lowest BCUT2D eigenvalue weighted by Gasteiger charge is -2.26. The van der Waals surface area contributed by atoms with E-state index in [0.29, 0.717) is 55.4 Å². The zero-order valence-electron chi connectivity index (χ0n) is 24.0. The van der Waals surface area contributed by atoms with Crippen LogP contribution in [0.3, 0.4) is 0 Å². The average Bonchev–Trinajstić information content (AvgIpc) is 3.60. The van der Waals surface area contributed by atoms with E-state index in [4.69, 9.17) is 23.6 Å². The fraction of sp³-hybridized carbons (Fsp3) is 0.258. The van der Waals surface area contributed by atoms with Crippen LogP contribution in [-0.4, -0.2) is 36.3 Å². The molecule has 0 bridgehead atoms. The number of nitrogens with zero attached hydrogens (tertiary/aromatic N) is 3. The van der Waals surface area contributed by atoms with Gasteiger partial charge in [0.1, 0.15) is 23.0 Å². The van der Waals surface area contributed by atoms with Gasteiger partial charge >= 0.3 is 5.97 Å². The average molecular weight is 604 g/mol. The van der Waals surface area contributed by atoms with Crippen LogP contribution in [-0.2, 0) is 9.53 Å². The molecule has 0 saturated heterocycles. The number of nitro groups is 1. The highest BCUT2D eigenvalue weighted by Crippen LogP contribution is 2.35. The number of esters is 1. The highest BCUT2D eigenvalue weighted by Gasteiger charge is 2.34. The molecule has 1 aliphatic heterocycles. The van der Waals surface area contributed by atoms with Gasteiger partial charge in [0.05, 0.1) is 59.2 Å². The number of methoxy groups -OCH3 is 2. The Morgan fingerprint density at radius 1 is 1.14 bits per heavy atom. The van der Waals surface area contributed by atoms with Gasteiger partial charge in [0, 0.05) is 12.1 Å². The first-order valence-corrected chi connectivity index (χ1v) is 14.4. The second-order valence-corrected chi connectivity index (χ2v) is 10.5. The van der Waals surface area contributed by atoms with Crippen LogP contribution in [0, 0.1) is 10.1 Å². The van der Waals surface area contributed by atoms with Crippen molar-refractivity contribution in [3.63, 3.8) is 0 Å². The number of non-ortho nitro benzene ring substituents is 1. The third-order valence-corrected chi connectivity index (χ3v) is 7.85. The normalized spacial score (nSPS) is 14.7. The summed E-state index contributed by atoms with van der Waals surface area (Å²) in [6.45, 7) is 3.91. The molecule has 43 heavy (non-hydrogen) atoms. The van der Waals surface area contributed by atoms with Crippen LogP contribution in [0.5, 0.6) is 11.5 Å². The van der Waals surface area contributed by atoms with Crippen LogP contribution in [0.15, 0.2) is 80.1 Å². The van der Waals surface area contributed by atoms with Crippen molar-refractivity contribution in [2.45, 2.75) is 32.7 Å². The zero-order chi connectivity index (χ0) is 30.7. The van der Waals surface area contributed by atoms with E-state index in [9.17, 15) is 19.7 Å². The Bertz CT molecular complexity index is 1920. The van der Waals surface area contributed by atoms with Gasteiger partial charge in [-0.05, 0) is 49.2 Å². The van der Waals surface area contributed by atoms with E-state index in [2.05, 4.69) is 0 Å². The standard InChI is InChI=1S/C31H29N3O8S/c1-5-8-23-27(30(36)41-6-2)28(18-9-7-10-20(15-18)39-3)33-29(35)26(43-31(33)32-23)17-21-12-14-24(42-21)22-13-11-19(34(37)38)16-25(22)40-4/h7,9-17,28H,5-6,8H2,1-4H3/b26-17-/t28-/m0/s1. The minimum Gasteiger partial charge on any atom is -0.497 e. The molecular formula is C31H29N3O8S. The molecule has 0 amide bonds. The molecule has 1 atom stereocenters. The molecule has 0 N–H and O–H groups in total. The molecule has 1 aliphatic rings. The second-order valence-electron chi connectivity index (χ2n) is 9.53. The maximum Gasteiger partial charge on any atom is 0.338 e. The number of ether oxygens (including phenoxy) is 3. The number of carbonyl (C=O) groups is 1. The topological polar surface area (TPSA) is 135 Å². The molecule has 0 saturated carbocycles. The minimum atomic E-state index is -0.773. The summed E-state index contributed by atoms with van der Waals surface area (Å²) in [5.74, 6) is 1.14. The van der Waals surface area contributed by atoms with E-state index in [1.807, 2.05) is 19.1 Å². The summed E-state index contributed by atoms with van der Waals surface area (Å²) in [4.78, 5) is 43.2. The molecule has 0 aliphatic carbocycles. The molecule has 0 unspecified atom stereocenters. The van der Waals surface area contributed by atoms with E-state index in [-0.39, 0.29) is 23.6 Å². The van der Waals surface area contributed by atoms with E-state index < -0.39 is 16.9 Å². The van der Waals surface area contributed by atoms with Crippen LogP contribution in [0.25, 0.3) is 17.4 Å². The SMILES string of the molecule is CCCC1=C(C(=O)OCC)[C@H](c2cccc(OC)c2)n2c(s/c(=C\c3ccc(-c4ccc([N+](=O)[O-])cc4OC)o3)c2=O)=N1. The Labute approximate surface area is 250 Å². The predicted molar refractivity (Wildman–Crippen MR) is 160 cm³/mol. The van der Waals surface area contributed by atoms with Crippen LogP contribution in [0.1, 0.15) is 44.1 Å². The molecule has 5 rings (SSSR count).